The van der Waals surface area contributed by atoms with Gasteiger partial charge in [-0.2, -0.15) is 0 Å². The molecular formula is C19H21N6O4P. The molecule has 2 fully saturated rings. The number of nitro groups is 1. The Kier molecular flexibility index (Phi) is 4.41. The van der Waals surface area contributed by atoms with Gasteiger partial charge in [-0.1, -0.05) is 12.1 Å². The maximum absolute atomic E-state index is 13.3. The van der Waals surface area contributed by atoms with Gasteiger partial charge in [-0.05, 0) is 36.8 Å². The van der Waals surface area contributed by atoms with Crippen LogP contribution in [-0.4, -0.2) is 50.0 Å². The van der Waals surface area contributed by atoms with Gasteiger partial charge in [0.1, 0.15) is 5.69 Å². The molecule has 3 aromatic rings. The summed E-state index contributed by atoms with van der Waals surface area (Å²) in [5.41, 5.74) is 8.31. The summed E-state index contributed by atoms with van der Waals surface area (Å²) in [6, 6.07) is 12.0. The molecule has 1 unspecified atom stereocenters. The minimum atomic E-state index is -3.03. The molecule has 1 aromatic heterocycles. The lowest BCUT2D eigenvalue weighted by Gasteiger charge is -2.24. The number of rotatable bonds is 7. The van der Waals surface area contributed by atoms with E-state index in [9.17, 15) is 14.7 Å². The van der Waals surface area contributed by atoms with Gasteiger partial charge >= 0.3 is 7.67 Å². The Morgan fingerprint density at radius 2 is 1.83 bits per heavy atom. The molecule has 10 nitrogen and oxygen atoms in total. The number of nitrogens with zero attached hydrogens (tertiary/aromatic N) is 5. The third-order valence-electron chi connectivity index (χ3n) is 5.35. The largest absolute Gasteiger partial charge is 0.369 e. The summed E-state index contributed by atoms with van der Waals surface area (Å²) in [6.07, 6.45) is -0.521. The standard InChI is InChI=1S/C19H21N6O4P/c1-13(29-30(28,22-8-9-22)23-10-11-23)14-6-7-17(25(26)27)18(12-14)24-16-5-3-2-4-15(16)21-19(24)20/h2-7,12-13H,8-11H2,1H3,(H2,20,21). The van der Waals surface area contributed by atoms with E-state index in [0.717, 1.165) is 26.2 Å². The molecule has 2 aromatic carbocycles. The highest BCUT2D eigenvalue weighted by atomic mass is 31.2. The number of imidazole rings is 1. The van der Waals surface area contributed by atoms with Gasteiger partial charge in [0.05, 0.1) is 22.1 Å². The number of anilines is 1. The third kappa shape index (κ3) is 3.18. The fraction of sp³-hybridized carbons (Fsp3) is 0.316. The van der Waals surface area contributed by atoms with Crippen LogP contribution in [0.5, 0.6) is 0 Å². The van der Waals surface area contributed by atoms with Crippen LogP contribution in [0.15, 0.2) is 42.5 Å². The summed E-state index contributed by atoms with van der Waals surface area (Å²) >= 11 is 0. The number of aromatic nitrogens is 2. The van der Waals surface area contributed by atoms with Crippen molar-refractivity contribution in [3.05, 3.63) is 58.1 Å². The number of hydrogen-bond donors (Lipinski definition) is 1. The van der Waals surface area contributed by atoms with Crippen LogP contribution in [0.1, 0.15) is 18.6 Å². The van der Waals surface area contributed by atoms with E-state index in [1.54, 1.807) is 29.7 Å². The summed E-state index contributed by atoms with van der Waals surface area (Å²) < 4.78 is 24.6. The molecule has 11 heteroatoms. The Hall–Kier alpha value is -2.78. The molecule has 0 bridgehead atoms. The maximum Gasteiger partial charge on any atom is 0.346 e. The first-order valence-corrected chi connectivity index (χ1v) is 11.2. The number of nitro benzene ring substituents is 1. The minimum absolute atomic E-state index is 0.0964. The molecule has 3 heterocycles. The molecule has 2 N–H and O–H groups in total. The molecule has 156 valence electrons. The molecule has 1 atom stereocenters. The van der Waals surface area contributed by atoms with Crippen LogP contribution in [-0.2, 0) is 9.09 Å². The van der Waals surface area contributed by atoms with Crippen LogP contribution < -0.4 is 5.73 Å². The number of nitrogens with two attached hydrogens (primary N) is 1. The normalized spacial score (nSPS) is 17.9. The van der Waals surface area contributed by atoms with E-state index in [4.69, 9.17) is 10.3 Å². The van der Waals surface area contributed by atoms with Crippen LogP contribution in [0.4, 0.5) is 11.6 Å². The van der Waals surface area contributed by atoms with Crippen molar-refractivity contribution in [2.24, 2.45) is 0 Å². The van der Waals surface area contributed by atoms with Gasteiger partial charge in [0.15, 0.2) is 0 Å². The zero-order chi connectivity index (χ0) is 21.0. The first-order chi connectivity index (χ1) is 14.4. The van der Waals surface area contributed by atoms with Crippen molar-refractivity contribution in [2.45, 2.75) is 13.0 Å². The molecule has 0 radical (unpaired) electrons. The number of nitrogen functional groups attached to an aromatic ring is 1. The van der Waals surface area contributed by atoms with Gasteiger partial charge in [0, 0.05) is 32.2 Å². The summed E-state index contributed by atoms with van der Waals surface area (Å²) in [5.74, 6) is 0.156. The number of benzene rings is 2. The maximum atomic E-state index is 13.3. The van der Waals surface area contributed by atoms with Gasteiger partial charge in [0.25, 0.3) is 5.69 Å². The van der Waals surface area contributed by atoms with E-state index >= 15 is 0 Å². The van der Waals surface area contributed by atoms with Crippen molar-refractivity contribution >= 4 is 30.3 Å². The lowest BCUT2D eigenvalue weighted by atomic mass is 10.1. The number of hydrogen-bond acceptors (Lipinski definition) is 6. The topological polar surface area (TPSA) is 119 Å². The van der Waals surface area contributed by atoms with Crippen molar-refractivity contribution in [2.75, 3.05) is 31.9 Å². The van der Waals surface area contributed by atoms with E-state index in [2.05, 4.69) is 4.98 Å². The van der Waals surface area contributed by atoms with Gasteiger partial charge < -0.3 is 5.73 Å². The Morgan fingerprint density at radius 3 is 2.47 bits per heavy atom. The SMILES string of the molecule is CC(OP(=O)(N1CC1)N1CC1)c1ccc([N+](=O)[O-])c(-n2c(N)nc3ccccc32)c1. The Morgan fingerprint density at radius 1 is 1.17 bits per heavy atom. The smallest absolute Gasteiger partial charge is 0.346 e. The van der Waals surface area contributed by atoms with Crippen LogP contribution in [0, 0.1) is 10.1 Å². The predicted molar refractivity (Wildman–Crippen MR) is 112 cm³/mol. The minimum Gasteiger partial charge on any atom is -0.369 e. The van der Waals surface area contributed by atoms with Crippen LogP contribution >= 0.6 is 7.67 Å². The van der Waals surface area contributed by atoms with Crippen LogP contribution in [0.25, 0.3) is 16.7 Å². The first-order valence-electron chi connectivity index (χ1n) is 9.69. The lowest BCUT2D eigenvalue weighted by molar-refractivity contribution is -0.384. The second kappa shape index (κ2) is 6.88. The molecule has 5 rings (SSSR count). The third-order valence-corrected chi connectivity index (χ3v) is 8.17. The molecular weight excluding hydrogens is 407 g/mol. The van der Waals surface area contributed by atoms with Crippen LogP contribution in [0.2, 0.25) is 0 Å². The van der Waals surface area contributed by atoms with Crippen molar-refractivity contribution in [3.63, 3.8) is 0 Å². The van der Waals surface area contributed by atoms with Crippen molar-refractivity contribution in [1.29, 1.82) is 0 Å². The first kappa shape index (κ1) is 19.2. The van der Waals surface area contributed by atoms with Gasteiger partial charge in [0.2, 0.25) is 5.95 Å². The fourth-order valence-corrected chi connectivity index (χ4v) is 5.95. The van der Waals surface area contributed by atoms with Crippen LogP contribution in [0.3, 0.4) is 0 Å². The van der Waals surface area contributed by atoms with E-state index in [0.29, 0.717) is 22.3 Å². The van der Waals surface area contributed by atoms with E-state index in [-0.39, 0.29) is 11.6 Å². The molecule has 0 spiro atoms. The molecule has 0 saturated carbocycles. The van der Waals surface area contributed by atoms with Crippen molar-refractivity contribution in [3.8, 4) is 5.69 Å². The van der Waals surface area contributed by atoms with Gasteiger partial charge in [-0.15, -0.1) is 0 Å². The van der Waals surface area contributed by atoms with Crippen molar-refractivity contribution < 1.29 is 14.0 Å². The van der Waals surface area contributed by atoms with Gasteiger partial charge in [-0.25, -0.2) is 14.3 Å². The lowest BCUT2D eigenvalue weighted by Crippen LogP contribution is -2.11. The van der Waals surface area contributed by atoms with E-state index in [1.165, 1.54) is 6.07 Å². The number of fused-ring (bicyclic) bond motifs is 1. The van der Waals surface area contributed by atoms with E-state index in [1.807, 2.05) is 27.5 Å². The summed E-state index contributed by atoms with van der Waals surface area (Å²) in [4.78, 5) is 15.6. The molecule has 2 saturated heterocycles. The molecule has 2 aliphatic heterocycles. The second-order valence-electron chi connectivity index (χ2n) is 7.44. The number of para-hydroxylation sites is 2. The Balaban J connectivity index is 1.57. The second-order valence-corrected chi connectivity index (χ2v) is 9.77. The average molecular weight is 428 g/mol. The molecule has 0 aliphatic carbocycles. The predicted octanol–water partition coefficient (Wildman–Crippen LogP) is 3.33. The van der Waals surface area contributed by atoms with E-state index < -0.39 is 18.7 Å². The van der Waals surface area contributed by atoms with Gasteiger partial charge in [-0.3, -0.25) is 23.8 Å². The zero-order valence-electron chi connectivity index (χ0n) is 16.3. The highest BCUT2D eigenvalue weighted by molar-refractivity contribution is 7.54. The highest BCUT2D eigenvalue weighted by Crippen LogP contribution is 2.63. The van der Waals surface area contributed by atoms with Crippen molar-refractivity contribution in [1.82, 2.24) is 18.9 Å². The summed E-state index contributed by atoms with van der Waals surface area (Å²) in [7, 11) is -3.03. The highest BCUT2D eigenvalue weighted by Gasteiger charge is 2.50. The molecule has 2 aliphatic rings. The fourth-order valence-electron chi connectivity index (χ4n) is 3.60. The molecule has 30 heavy (non-hydrogen) atoms. The monoisotopic (exact) mass is 428 g/mol. The average Bonchev–Trinajstić information content (AvgIpc) is 3.62. The summed E-state index contributed by atoms with van der Waals surface area (Å²) in [5, 5.41) is 11.7. The quantitative estimate of drug-likeness (QED) is 0.263. The molecule has 0 amide bonds. The summed E-state index contributed by atoms with van der Waals surface area (Å²) in [6.45, 7) is 4.82. The Labute approximate surface area is 172 Å². The Bertz CT molecular complexity index is 1190. The zero-order valence-corrected chi connectivity index (χ0v) is 17.2.